The second-order valence-corrected chi connectivity index (χ2v) is 6.98. The van der Waals surface area contributed by atoms with Gasteiger partial charge >= 0.3 is 0 Å². The van der Waals surface area contributed by atoms with Gasteiger partial charge < -0.3 is 5.32 Å². The lowest BCUT2D eigenvalue weighted by Crippen LogP contribution is -2.40. The zero-order valence-corrected chi connectivity index (χ0v) is 14.5. The summed E-state index contributed by atoms with van der Waals surface area (Å²) in [4.78, 5) is 24.8. The number of halogens is 2. The number of carbonyl (C=O) groups excluding carboxylic acids is 2. The Kier molecular flexibility index (Phi) is 4.49. The van der Waals surface area contributed by atoms with E-state index in [1.807, 2.05) is 24.3 Å². The van der Waals surface area contributed by atoms with Crippen molar-refractivity contribution in [2.45, 2.75) is 18.9 Å². The van der Waals surface area contributed by atoms with Crippen LogP contribution in [-0.4, -0.2) is 17.7 Å². The highest BCUT2D eigenvalue weighted by atomic mass is 127. The molecule has 1 aliphatic heterocycles. The smallest absolute Gasteiger partial charge is 0.252 e. The van der Waals surface area contributed by atoms with Gasteiger partial charge in [-0.3, -0.25) is 9.59 Å². The van der Waals surface area contributed by atoms with Crippen LogP contribution >= 0.6 is 34.2 Å². The van der Waals surface area contributed by atoms with E-state index in [1.165, 1.54) is 0 Å². The second-order valence-electron chi connectivity index (χ2n) is 5.30. The number of benzene rings is 2. The molecular weight excluding hydrogens is 413 g/mol. The maximum absolute atomic E-state index is 12.4. The Labute approximate surface area is 147 Å². The molecule has 0 saturated carbocycles. The molecule has 1 N–H and O–H groups in total. The molecule has 3 rings (SSSR count). The molecule has 1 atom stereocenters. The molecule has 0 spiro atoms. The van der Waals surface area contributed by atoms with Gasteiger partial charge in [0.1, 0.15) is 0 Å². The van der Waals surface area contributed by atoms with E-state index < -0.39 is 6.04 Å². The lowest BCUT2D eigenvalue weighted by Gasteiger charge is -2.14. The van der Waals surface area contributed by atoms with Crippen molar-refractivity contribution in [3.8, 4) is 0 Å². The highest BCUT2D eigenvalue weighted by Gasteiger charge is 2.28. The van der Waals surface area contributed by atoms with Crippen molar-refractivity contribution in [1.82, 2.24) is 5.32 Å². The Balaban J connectivity index is 1.85. The van der Waals surface area contributed by atoms with Crippen LogP contribution in [0.3, 0.4) is 0 Å². The monoisotopic (exact) mass is 425 g/mol. The highest BCUT2D eigenvalue weighted by Crippen LogP contribution is 2.21. The largest absolute Gasteiger partial charge is 0.342 e. The number of hydrogen-bond donors (Lipinski definition) is 1. The Bertz CT molecular complexity index is 743. The molecule has 1 amide bonds. The van der Waals surface area contributed by atoms with Gasteiger partial charge in [0.15, 0.2) is 5.78 Å². The maximum Gasteiger partial charge on any atom is 0.252 e. The lowest BCUT2D eigenvalue weighted by molar-refractivity contribution is -0.120. The summed E-state index contributed by atoms with van der Waals surface area (Å²) < 4.78 is 1.14. The molecule has 2 aromatic carbocycles. The molecule has 0 aliphatic carbocycles. The van der Waals surface area contributed by atoms with Gasteiger partial charge in [0.05, 0.1) is 6.04 Å². The van der Waals surface area contributed by atoms with Crippen molar-refractivity contribution in [3.63, 3.8) is 0 Å². The van der Waals surface area contributed by atoms with Crippen LogP contribution < -0.4 is 5.32 Å². The van der Waals surface area contributed by atoms with Gasteiger partial charge in [-0.2, -0.15) is 0 Å². The van der Waals surface area contributed by atoms with E-state index in [-0.39, 0.29) is 18.1 Å². The zero-order chi connectivity index (χ0) is 15.7. The summed E-state index contributed by atoms with van der Waals surface area (Å²) in [7, 11) is 0. The summed E-state index contributed by atoms with van der Waals surface area (Å²) in [5.41, 5.74) is 2.26. The number of ketones is 1. The molecule has 0 unspecified atom stereocenters. The van der Waals surface area contributed by atoms with Crippen molar-refractivity contribution in [2.75, 3.05) is 0 Å². The van der Waals surface area contributed by atoms with Gasteiger partial charge in [0.2, 0.25) is 0 Å². The third-order valence-corrected chi connectivity index (χ3v) is 4.68. The molecule has 0 saturated heterocycles. The van der Waals surface area contributed by atoms with Crippen molar-refractivity contribution < 1.29 is 9.59 Å². The lowest BCUT2D eigenvalue weighted by atomic mass is 9.98. The average Bonchev–Trinajstić information content (AvgIpc) is 2.59. The van der Waals surface area contributed by atoms with Crippen LogP contribution in [0.25, 0.3) is 0 Å². The minimum atomic E-state index is -0.501. The first-order chi connectivity index (χ1) is 10.5. The molecule has 2 aromatic rings. The van der Waals surface area contributed by atoms with Gasteiger partial charge in [0.25, 0.3) is 5.91 Å². The molecule has 0 bridgehead atoms. The molecule has 0 fully saturated rings. The van der Waals surface area contributed by atoms with Crippen LogP contribution in [0.15, 0.2) is 42.5 Å². The van der Waals surface area contributed by atoms with E-state index in [9.17, 15) is 9.59 Å². The van der Waals surface area contributed by atoms with Crippen LogP contribution in [0.4, 0.5) is 0 Å². The first-order valence-corrected chi connectivity index (χ1v) is 8.35. The number of fused-ring (bicyclic) bond motifs is 1. The molecular formula is C17H13ClINO2. The third-order valence-electron chi connectivity index (χ3n) is 3.72. The summed E-state index contributed by atoms with van der Waals surface area (Å²) >= 11 is 8.20. The van der Waals surface area contributed by atoms with Gasteiger partial charge in [-0.05, 0) is 70.5 Å². The Hall–Kier alpha value is -1.40. The fourth-order valence-electron chi connectivity index (χ4n) is 2.58. The summed E-state index contributed by atoms with van der Waals surface area (Å²) in [5, 5.41) is 3.37. The van der Waals surface area contributed by atoms with Gasteiger partial charge in [-0.15, -0.1) is 0 Å². The summed E-state index contributed by atoms with van der Waals surface area (Å²) in [6.07, 6.45) is 0.729. The van der Waals surface area contributed by atoms with Crippen LogP contribution in [-0.2, 0) is 17.6 Å². The van der Waals surface area contributed by atoms with Crippen LogP contribution in [0.1, 0.15) is 21.5 Å². The van der Waals surface area contributed by atoms with E-state index in [4.69, 9.17) is 11.6 Å². The van der Waals surface area contributed by atoms with Crippen molar-refractivity contribution in [1.29, 1.82) is 0 Å². The first kappa shape index (κ1) is 15.5. The molecule has 1 aliphatic rings. The summed E-state index contributed by atoms with van der Waals surface area (Å²) in [6, 6.07) is 12.5. The molecule has 112 valence electrons. The van der Waals surface area contributed by atoms with Crippen LogP contribution in [0.2, 0.25) is 5.02 Å². The molecule has 22 heavy (non-hydrogen) atoms. The van der Waals surface area contributed by atoms with Crippen molar-refractivity contribution in [2.24, 2.45) is 0 Å². The number of carbonyl (C=O) groups is 2. The quantitative estimate of drug-likeness (QED) is 0.750. The minimum Gasteiger partial charge on any atom is -0.342 e. The first-order valence-electron chi connectivity index (χ1n) is 6.89. The molecule has 3 nitrogen and oxygen atoms in total. The third kappa shape index (κ3) is 3.33. The van der Waals surface area contributed by atoms with E-state index in [2.05, 4.69) is 27.9 Å². The predicted octanol–water partition coefficient (Wildman–Crippen LogP) is 3.41. The number of Topliss-reactive ketones (excluding diaryl/α,β-unsaturated/α-hetero) is 1. The van der Waals surface area contributed by atoms with Crippen LogP contribution in [0, 0.1) is 3.57 Å². The van der Waals surface area contributed by atoms with Gasteiger partial charge in [-0.25, -0.2) is 0 Å². The molecule has 0 radical (unpaired) electrons. The van der Waals surface area contributed by atoms with Gasteiger partial charge in [-0.1, -0.05) is 23.7 Å². The molecule has 1 heterocycles. The van der Waals surface area contributed by atoms with Crippen molar-refractivity contribution >= 4 is 45.9 Å². The fourth-order valence-corrected chi connectivity index (χ4v) is 3.13. The van der Waals surface area contributed by atoms with E-state index in [0.717, 1.165) is 9.13 Å². The van der Waals surface area contributed by atoms with Crippen LogP contribution in [0.5, 0.6) is 0 Å². The second kappa shape index (κ2) is 6.38. The SMILES string of the molecule is O=C1N[C@H](Cc2ccc(I)cc2)C(=O)Cc2cc(Cl)ccc21. The predicted molar refractivity (Wildman–Crippen MR) is 94.3 cm³/mol. The van der Waals surface area contributed by atoms with Crippen molar-refractivity contribution in [3.05, 3.63) is 67.7 Å². The number of nitrogens with one attached hydrogen (secondary N) is 1. The Morgan fingerprint density at radius 2 is 1.86 bits per heavy atom. The standard InChI is InChI=1S/C17H13ClINO2/c18-12-3-6-14-11(8-12)9-16(21)15(20-17(14)22)7-10-1-4-13(19)5-2-10/h1-6,8,15H,7,9H2,(H,20,22)/t15-/m1/s1. The normalized spacial score (nSPS) is 17.6. The summed E-state index contributed by atoms with van der Waals surface area (Å²) in [5.74, 6) is -0.207. The average molecular weight is 426 g/mol. The number of rotatable bonds is 2. The number of amides is 1. The van der Waals surface area contributed by atoms with E-state index in [0.29, 0.717) is 22.6 Å². The highest BCUT2D eigenvalue weighted by molar-refractivity contribution is 14.1. The topological polar surface area (TPSA) is 46.2 Å². The minimum absolute atomic E-state index is 0.00733. The van der Waals surface area contributed by atoms with E-state index >= 15 is 0 Å². The maximum atomic E-state index is 12.4. The Morgan fingerprint density at radius 1 is 1.14 bits per heavy atom. The van der Waals surface area contributed by atoms with E-state index in [1.54, 1.807) is 18.2 Å². The summed E-state index contributed by atoms with van der Waals surface area (Å²) in [6.45, 7) is 0. The van der Waals surface area contributed by atoms with Gasteiger partial charge in [0, 0.05) is 20.6 Å². The molecule has 0 aromatic heterocycles. The Morgan fingerprint density at radius 3 is 2.59 bits per heavy atom. The molecule has 5 heteroatoms. The number of hydrogen-bond acceptors (Lipinski definition) is 2. The zero-order valence-electron chi connectivity index (χ0n) is 11.6. The fraction of sp³-hybridized carbons (Fsp3) is 0.176.